The maximum absolute atomic E-state index is 12.3. The van der Waals surface area contributed by atoms with Crippen LogP contribution in [-0.2, 0) is 0 Å². The number of rotatable bonds is 5. The molecule has 0 bridgehead atoms. The smallest absolute Gasteiger partial charge is 0.251 e. The fraction of sp³-hybridized carbons (Fsp3) is 0.333. The van der Waals surface area contributed by atoms with Crippen LogP contribution in [0.2, 0.25) is 0 Å². The summed E-state index contributed by atoms with van der Waals surface area (Å²) in [7, 11) is 2.16. The van der Waals surface area contributed by atoms with Gasteiger partial charge in [-0.15, -0.1) is 0 Å². The molecule has 3 aromatic rings. The molecule has 0 saturated carbocycles. The molecular formula is C24H28N4O2. The fourth-order valence-corrected chi connectivity index (χ4v) is 3.61. The van der Waals surface area contributed by atoms with E-state index in [1.807, 2.05) is 38.1 Å². The first-order valence-electron chi connectivity index (χ1n) is 10.4. The highest BCUT2D eigenvalue weighted by Gasteiger charge is 2.15. The van der Waals surface area contributed by atoms with Gasteiger partial charge in [0.15, 0.2) is 5.76 Å². The lowest BCUT2D eigenvalue weighted by molar-refractivity contribution is 0.0943. The topological polar surface area (TPSA) is 61.6 Å². The van der Waals surface area contributed by atoms with Crippen LogP contribution in [0.1, 0.15) is 24.2 Å². The third-order valence-corrected chi connectivity index (χ3v) is 5.37. The summed E-state index contributed by atoms with van der Waals surface area (Å²) in [6, 6.07) is 17.9. The van der Waals surface area contributed by atoms with Gasteiger partial charge >= 0.3 is 0 Å². The predicted molar refractivity (Wildman–Crippen MR) is 120 cm³/mol. The van der Waals surface area contributed by atoms with Crippen LogP contribution in [0.15, 0.2) is 59.1 Å². The molecule has 0 aliphatic carbocycles. The molecular weight excluding hydrogens is 376 g/mol. The average Bonchev–Trinajstić information content (AvgIpc) is 3.24. The van der Waals surface area contributed by atoms with E-state index in [1.54, 1.807) is 6.07 Å². The van der Waals surface area contributed by atoms with Gasteiger partial charge in [-0.1, -0.05) is 17.3 Å². The number of nitrogens with zero attached hydrogens (tertiary/aromatic N) is 3. The Labute approximate surface area is 177 Å². The highest BCUT2D eigenvalue weighted by atomic mass is 16.5. The number of aromatic nitrogens is 1. The second-order valence-electron chi connectivity index (χ2n) is 8.12. The number of hydrogen-bond acceptors (Lipinski definition) is 5. The van der Waals surface area contributed by atoms with Crippen molar-refractivity contribution in [3.63, 3.8) is 0 Å². The molecule has 1 amide bonds. The van der Waals surface area contributed by atoms with Gasteiger partial charge in [-0.2, -0.15) is 0 Å². The minimum Gasteiger partial charge on any atom is -0.369 e. The van der Waals surface area contributed by atoms with E-state index in [0.717, 1.165) is 37.3 Å². The van der Waals surface area contributed by atoms with E-state index >= 15 is 0 Å². The zero-order chi connectivity index (χ0) is 21.1. The molecule has 1 aromatic heterocycles. The van der Waals surface area contributed by atoms with Crippen molar-refractivity contribution in [3.8, 4) is 22.6 Å². The van der Waals surface area contributed by atoms with Crippen molar-refractivity contribution in [2.24, 2.45) is 0 Å². The zero-order valence-electron chi connectivity index (χ0n) is 17.8. The van der Waals surface area contributed by atoms with Gasteiger partial charge in [-0.3, -0.25) is 4.79 Å². The summed E-state index contributed by atoms with van der Waals surface area (Å²) in [5, 5.41) is 7.14. The van der Waals surface area contributed by atoms with Crippen LogP contribution in [0.5, 0.6) is 0 Å². The van der Waals surface area contributed by atoms with Crippen LogP contribution >= 0.6 is 0 Å². The summed E-state index contributed by atoms with van der Waals surface area (Å²) in [4.78, 5) is 17.0. The number of amides is 1. The van der Waals surface area contributed by atoms with Gasteiger partial charge in [-0.25, -0.2) is 0 Å². The first-order valence-corrected chi connectivity index (χ1v) is 10.4. The Hall–Kier alpha value is -3.12. The van der Waals surface area contributed by atoms with E-state index in [1.165, 1.54) is 5.69 Å². The minimum atomic E-state index is -0.0879. The largest absolute Gasteiger partial charge is 0.369 e. The van der Waals surface area contributed by atoms with Gasteiger partial charge in [0.05, 0.1) is 0 Å². The van der Waals surface area contributed by atoms with Gasteiger partial charge in [0.25, 0.3) is 5.91 Å². The third-order valence-electron chi connectivity index (χ3n) is 5.37. The van der Waals surface area contributed by atoms with Crippen LogP contribution < -0.4 is 10.2 Å². The summed E-state index contributed by atoms with van der Waals surface area (Å²) in [6.07, 6.45) is 0. The van der Waals surface area contributed by atoms with E-state index < -0.39 is 0 Å². The second kappa shape index (κ2) is 8.71. The van der Waals surface area contributed by atoms with Crippen molar-refractivity contribution in [1.29, 1.82) is 0 Å². The van der Waals surface area contributed by atoms with E-state index in [9.17, 15) is 4.79 Å². The molecule has 1 aliphatic rings. The summed E-state index contributed by atoms with van der Waals surface area (Å²) >= 11 is 0. The molecule has 1 N–H and O–H groups in total. The molecule has 0 spiro atoms. The third kappa shape index (κ3) is 4.54. The SMILES string of the molecule is CC(C)NC(=O)c1cccc(-c2cc(-c3ccc(N4CCN(C)CC4)cc3)on2)c1. The minimum absolute atomic E-state index is 0.0879. The van der Waals surface area contributed by atoms with Crippen molar-refractivity contribution in [1.82, 2.24) is 15.4 Å². The maximum atomic E-state index is 12.3. The van der Waals surface area contributed by atoms with Gasteiger partial charge < -0.3 is 19.6 Å². The van der Waals surface area contributed by atoms with Crippen LogP contribution in [0.4, 0.5) is 5.69 Å². The lowest BCUT2D eigenvalue weighted by Crippen LogP contribution is -2.44. The van der Waals surface area contributed by atoms with E-state index in [4.69, 9.17) is 4.52 Å². The molecule has 1 fully saturated rings. The fourth-order valence-electron chi connectivity index (χ4n) is 3.61. The monoisotopic (exact) mass is 404 g/mol. The number of likely N-dealkylation sites (N-methyl/N-ethyl adjacent to an activating group) is 1. The summed E-state index contributed by atoms with van der Waals surface area (Å²) in [5.74, 6) is 0.627. The molecule has 156 valence electrons. The van der Waals surface area contributed by atoms with Gasteiger partial charge in [0.1, 0.15) is 5.69 Å². The van der Waals surface area contributed by atoms with Gasteiger partial charge in [-0.05, 0) is 57.3 Å². The van der Waals surface area contributed by atoms with Crippen LogP contribution in [0.3, 0.4) is 0 Å². The molecule has 6 nitrogen and oxygen atoms in total. The molecule has 0 unspecified atom stereocenters. The molecule has 4 rings (SSSR count). The summed E-state index contributed by atoms with van der Waals surface area (Å²) in [5.41, 5.74) is 4.40. The Kier molecular flexibility index (Phi) is 5.86. The lowest BCUT2D eigenvalue weighted by Gasteiger charge is -2.34. The Morgan fingerprint density at radius 1 is 1.00 bits per heavy atom. The molecule has 0 atom stereocenters. The number of carbonyl (C=O) groups excluding carboxylic acids is 1. The summed E-state index contributed by atoms with van der Waals surface area (Å²) < 4.78 is 5.60. The molecule has 2 heterocycles. The van der Waals surface area contributed by atoms with Crippen LogP contribution in [0, 0.1) is 0 Å². The quantitative estimate of drug-likeness (QED) is 0.699. The van der Waals surface area contributed by atoms with E-state index in [-0.39, 0.29) is 11.9 Å². The second-order valence-corrected chi connectivity index (χ2v) is 8.12. The normalized spacial score (nSPS) is 14.9. The number of benzene rings is 2. The number of piperazine rings is 1. The average molecular weight is 405 g/mol. The maximum Gasteiger partial charge on any atom is 0.251 e. The predicted octanol–water partition coefficient (Wildman–Crippen LogP) is 3.90. The molecule has 6 heteroatoms. The van der Waals surface area contributed by atoms with Crippen molar-refractivity contribution in [2.75, 3.05) is 38.1 Å². The Bertz CT molecular complexity index is 1000. The Morgan fingerprint density at radius 2 is 1.73 bits per heavy atom. The Morgan fingerprint density at radius 3 is 2.43 bits per heavy atom. The molecule has 1 saturated heterocycles. The molecule has 0 radical (unpaired) electrons. The van der Waals surface area contributed by atoms with Crippen molar-refractivity contribution in [3.05, 3.63) is 60.2 Å². The lowest BCUT2D eigenvalue weighted by atomic mass is 10.1. The van der Waals surface area contributed by atoms with Crippen molar-refractivity contribution in [2.45, 2.75) is 19.9 Å². The number of carbonyl (C=O) groups is 1. The van der Waals surface area contributed by atoms with Crippen LogP contribution in [-0.4, -0.2) is 55.2 Å². The molecule has 30 heavy (non-hydrogen) atoms. The highest BCUT2D eigenvalue weighted by Crippen LogP contribution is 2.28. The number of nitrogens with one attached hydrogen (secondary N) is 1. The van der Waals surface area contributed by atoms with Crippen molar-refractivity contribution < 1.29 is 9.32 Å². The standard InChI is InChI=1S/C24H28N4O2/c1-17(2)25-24(29)20-6-4-5-19(15-20)22-16-23(30-26-22)18-7-9-21(10-8-18)28-13-11-27(3)12-14-28/h4-10,15-17H,11-14H2,1-3H3,(H,25,29). The first-order chi connectivity index (χ1) is 14.5. The van der Waals surface area contributed by atoms with Gasteiger partial charge in [0.2, 0.25) is 0 Å². The Balaban J connectivity index is 1.50. The van der Waals surface area contributed by atoms with Crippen LogP contribution in [0.25, 0.3) is 22.6 Å². The highest BCUT2D eigenvalue weighted by molar-refractivity contribution is 5.95. The summed E-state index contributed by atoms with van der Waals surface area (Å²) in [6.45, 7) is 8.15. The number of hydrogen-bond donors (Lipinski definition) is 1. The molecule has 2 aromatic carbocycles. The first kappa shape index (κ1) is 20.2. The van der Waals surface area contributed by atoms with E-state index in [2.05, 4.69) is 51.6 Å². The zero-order valence-corrected chi connectivity index (χ0v) is 17.8. The molecule has 1 aliphatic heterocycles. The van der Waals surface area contributed by atoms with Crippen molar-refractivity contribution >= 4 is 11.6 Å². The number of anilines is 1. The van der Waals surface area contributed by atoms with E-state index in [0.29, 0.717) is 17.0 Å². The van der Waals surface area contributed by atoms with Gasteiger partial charge in [0, 0.05) is 60.7 Å².